The van der Waals surface area contributed by atoms with E-state index in [1.165, 1.54) is 12.6 Å². The van der Waals surface area contributed by atoms with Gasteiger partial charge in [-0.25, -0.2) is 0 Å². The van der Waals surface area contributed by atoms with Crippen molar-refractivity contribution in [1.29, 1.82) is 0 Å². The summed E-state index contributed by atoms with van der Waals surface area (Å²) < 4.78 is 0. The van der Waals surface area contributed by atoms with Crippen molar-refractivity contribution >= 4 is 15.9 Å². The molecule has 0 radical (unpaired) electrons. The number of hydrogen-bond acceptors (Lipinski definition) is 0. The van der Waals surface area contributed by atoms with Crippen LogP contribution in [0.2, 0.25) is 0 Å². The van der Waals surface area contributed by atoms with E-state index in [0.29, 0.717) is 0 Å². The van der Waals surface area contributed by atoms with Crippen molar-refractivity contribution in [1.82, 2.24) is 0 Å². The first-order valence-corrected chi connectivity index (χ1v) is 7.87. The molecule has 0 aliphatic rings. The van der Waals surface area contributed by atoms with E-state index in [9.17, 15) is 0 Å². The van der Waals surface area contributed by atoms with Gasteiger partial charge in [0.05, 0.1) is 0 Å². The van der Waals surface area contributed by atoms with E-state index in [0.717, 1.165) is 0 Å². The summed E-state index contributed by atoms with van der Waals surface area (Å²) in [5.74, 6) is 0. The minimum absolute atomic E-state index is 0.741. The molecule has 0 saturated carbocycles. The molecule has 0 spiro atoms. The van der Waals surface area contributed by atoms with Crippen molar-refractivity contribution in [3.63, 3.8) is 0 Å². The third kappa shape index (κ3) is 6.86. The molecule has 1 unspecified atom stereocenters. The molecule has 0 amide bonds. The van der Waals surface area contributed by atoms with Gasteiger partial charge in [0.2, 0.25) is 0 Å². The Morgan fingerprint density at radius 3 is 1.86 bits per heavy atom. The molecule has 0 aromatic carbocycles. The zero-order valence-corrected chi connectivity index (χ0v) is 7.65. The second-order valence-electron chi connectivity index (χ2n) is 2.74. The zero-order chi connectivity index (χ0) is 5.91. The molecule has 0 aliphatic heterocycles. The van der Waals surface area contributed by atoms with Gasteiger partial charge in [0.25, 0.3) is 0 Å². The van der Waals surface area contributed by atoms with Gasteiger partial charge in [-0.3, -0.25) is 0 Å². The van der Waals surface area contributed by atoms with E-state index in [-0.39, 0.29) is 0 Å². The normalized spacial score (nSPS) is 14.3. The van der Waals surface area contributed by atoms with Gasteiger partial charge < -0.3 is 0 Å². The first-order chi connectivity index (χ1) is 3.06. The Labute approximate surface area is 49.5 Å². The molecule has 0 rings (SSSR count). The first-order valence-electron chi connectivity index (χ1n) is 2.85. The summed E-state index contributed by atoms with van der Waals surface area (Å²) in [5.41, 5.74) is 0. The Morgan fingerprint density at radius 2 is 1.86 bits per heavy atom. The molecule has 7 heavy (non-hydrogen) atoms. The molecule has 46 valence electrons. The molecule has 0 nitrogen and oxygen atoms in total. The van der Waals surface area contributed by atoms with E-state index in [1.54, 1.807) is 0 Å². The molecular weight excluding hydrogens is 122 g/mol. The molecular formula is C5H16P2. The fourth-order valence-electron chi connectivity index (χ4n) is 0.644. The molecule has 0 saturated heterocycles. The molecule has 0 fully saturated rings. The summed E-state index contributed by atoms with van der Waals surface area (Å²) in [4.78, 5) is 0. The van der Waals surface area contributed by atoms with Crippen molar-refractivity contribution in [3.05, 3.63) is 0 Å². The molecule has 0 N–H and O–H groups in total. The van der Waals surface area contributed by atoms with Crippen LogP contribution in [0.3, 0.4) is 0 Å². The third-order valence-corrected chi connectivity index (χ3v) is 3.55. The summed E-state index contributed by atoms with van der Waals surface area (Å²) >= 11 is 0. The van der Waals surface area contributed by atoms with Crippen LogP contribution in [0.15, 0.2) is 0 Å². The number of rotatable bonds is 2. The average Bonchev–Trinajstić information content (AvgIpc) is 1.30. The van der Waals surface area contributed by atoms with Gasteiger partial charge in [-0.15, -0.1) is 0 Å². The van der Waals surface area contributed by atoms with E-state index >= 15 is 0 Å². The SMILES string of the molecule is CCC[PH](C)(C)P. The maximum atomic E-state index is 2.98. The fourth-order valence-corrected chi connectivity index (χ4v) is 2.80. The van der Waals surface area contributed by atoms with Gasteiger partial charge in [-0.2, -0.15) is 0 Å². The zero-order valence-electron chi connectivity index (χ0n) is 5.49. The Balaban J connectivity index is 3.15. The van der Waals surface area contributed by atoms with Gasteiger partial charge in [0.15, 0.2) is 0 Å². The summed E-state index contributed by atoms with van der Waals surface area (Å²) in [6.07, 6.45) is 2.79. The molecule has 1 atom stereocenters. The predicted molar refractivity (Wildman–Crippen MR) is 45.0 cm³/mol. The van der Waals surface area contributed by atoms with Crippen molar-refractivity contribution < 1.29 is 0 Å². The van der Waals surface area contributed by atoms with Crippen LogP contribution in [0, 0.1) is 0 Å². The Bertz CT molecular complexity index is 44.5. The van der Waals surface area contributed by atoms with Crippen LogP contribution >= 0.6 is 15.9 Å². The van der Waals surface area contributed by atoms with Crippen LogP contribution in [-0.4, -0.2) is 19.5 Å². The summed E-state index contributed by atoms with van der Waals surface area (Å²) in [5, 5.41) is 0. The van der Waals surface area contributed by atoms with Gasteiger partial charge in [0.1, 0.15) is 0 Å². The quantitative estimate of drug-likeness (QED) is 0.513. The van der Waals surface area contributed by atoms with Gasteiger partial charge in [-0.1, -0.05) is 0 Å². The van der Waals surface area contributed by atoms with Crippen molar-refractivity contribution in [2.45, 2.75) is 13.3 Å². The summed E-state index contributed by atoms with van der Waals surface area (Å²) in [6, 6.07) is 0. The van der Waals surface area contributed by atoms with E-state index < -0.39 is 6.95 Å². The summed E-state index contributed by atoms with van der Waals surface area (Å²) in [7, 11) is 2.98. The van der Waals surface area contributed by atoms with E-state index in [2.05, 4.69) is 29.2 Å². The van der Waals surface area contributed by atoms with E-state index in [1.807, 2.05) is 0 Å². The van der Waals surface area contributed by atoms with E-state index in [4.69, 9.17) is 0 Å². The van der Waals surface area contributed by atoms with Crippen LogP contribution in [0.4, 0.5) is 0 Å². The van der Waals surface area contributed by atoms with Gasteiger partial charge in [-0.05, 0) is 0 Å². The molecule has 2 heteroatoms. The Morgan fingerprint density at radius 1 is 1.43 bits per heavy atom. The summed E-state index contributed by atoms with van der Waals surface area (Å²) in [6.45, 7) is 6.26. The third-order valence-electron chi connectivity index (χ3n) is 0.894. The maximum absolute atomic E-state index is 2.98. The molecule has 0 heterocycles. The van der Waals surface area contributed by atoms with Crippen LogP contribution in [-0.2, 0) is 0 Å². The van der Waals surface area contributed by atoms with Crippen molar-refractivity contribution in [2.24, 2.45) is 0 Å². The fraction of sp³-hybridized carbons (Fsp3) is 1.00. The number of hydrogen-bond donors (Lipinski definition) is 0. The Hall–Kier alpha value is 0.860. The average molecular weight is 138 g/mol. The van der Waals surface area contributed by atoms with Crippen LogP contribution in [0.1, 0.15) is 13.3 Å². The molecule has 0 aliphatic carbocycles. The van der Waals surface area contributed by atoms with Gasteiger partial charge in [0, 0.05) is 0 Å². The van der Waals surface area contributed by atoms with Crippen LogP contribution in [0.25, 0.3) is 0 Å². The standard InChI is InChI=1S/C5H16P2/c1-4-5-7(2,3)6/h7H,4-6H2,1-3H3. The van der Waals surface area contributed by atoms with Crippen molar-refractivity contribution in [2.75, 3.05) is 19.5 Å². The molecule has 0 aromatic rings. The second kappa shape index (κ2) is 3.00. The van der Waals surface area contributed by atoms with Crippen LogP contribution in [0.5, 0.6) is 0 Å². The van der Waals surface area contributed by atoms with Crippen molar-refractivity contribution in [3.8, 4) is 0 Å². The Kier molecular flexibility index (Phi) is 3.37. The topological polar surface area (TPSA) is 0 Å². The minimum atomic E-state index is -0.741. The van der Waals surface area contributed by atoms with Crippen LogP contribution < -0.4 is 0 Å². The van der Waals surface area contributed by atoms with Gasteiger partial charge >= 0.3 is 48.7 Å². The monoisotopic (exact) mass is 138 g/mol. The molecule has 0 bridgehead atoms. The first kappa shape index (κ1) is 7.86. The molecule has 0 aromatic heterocycles. The second-order valence-corrected chi connectivity index (χ2v) is 11.9. The predicted octanol–water partition coefficient (Wildman–Crippen LogP) is 2.20.